The van der Waals surface area contributed by atoms with E-state index in [1.165, 1.54) is 36.6 Å². The molecule has 6 nitrogen and oxygen atoms in total. The van der Waals surface area contributed by atoms with E-state index >= 15 is 0 Å². The molecule has 2 aromatic rings. The third-order valence-electron chi connectivity index (χ3n) is 5.79. The van der Waals surface area contributed by atoms with Crippen molar-refractivity contribution in [2.45, 2.75) is 44.6 Å². The average Bonchev–Trinajstić information content (AvgIpc) is 3.41. The fourth-order valence-corrected chi connectivity index (χ4v) is 4.44. The molecule has 0 spiro atoms. The maximum atomic E-state index is 13.0. The minimum atomic E-state index is 0.122. The Labute approximate surface area is 153 Å². The van der Waals surface area contributed by atoms with Crippen LogP contribution in [0.15, 0.2) is 30.5 Å². The van der Waals surface area contributed by atoms with E-state index in [0.717, 1.165) is 25.1 Å². The van der Waals surface area contributed by atoms with Gasteiger partial charge in [0.05, 0.1) is 11.9 Å². The molecule has 1 aromatic heterocycles. The molecule has 1 saturated heterocycles. The smallest absolute Gasteiger partial charge is 0.254 e. The van der Waals surface area contributed by atoms with Crippen molar-refractivity contribution in [1.29, 1.82) is 5.26 Å². The van der Waals surface area contributed by atoms with Gasteiger partial charge >= 0.3 is 0 Å². The van der Waals surface area contributed by atoms with Gasteiger partial charge in [-0.25, -0.2) is 4.68 Å². The summed E-state index contributed by atoms with van der Waals surface area (Å²) in [7, 11) is 0. The fourth-order valence-electron chi connectivity index (χ4n) is 4.44. The molecule has 4 rings (SSSR count). The van der Waals surface area contributed by atoms with Crippen LogP contribution in [0.4, 0.5) is 5.82 Å². The molecule has 2 fully saturated rings. The molecular weight excluding hydrogens is 326 g/mol. The van der Waals surface area contributed by atoms with Gasteiger partial charge in [-0.2, -0.15) is 10.4 Å². The van der Waals surface area contributed by atoms with E-state index in [1.54, 1.807) is 0 Å². The van der Waals surface area contributed by atoms with Crippen molar-refractivity contribution in [1.82, 2.24) is 14.7 Å². The zero-order chi connectivity index (χ0) is 18.1. The molecule has 134 valence electrons. The van der Waals surface area contributed by atoms with Gasteiger partial charge in [-0.1, -0.05) is 12.8 Å². The third-order valence-corrected chi connectivity index (χ3v) is 5.79. The minimum absolute atomic E-state index is 0.122. The van der Waals surface area contributed by atoms with Crippen molar-refractivity contribution >= 4 is 11.7 Å². The van der Waals surface area contributed by atoms with Crippen molar-refractivity contribution in [2.24, 2.45) is 5.92 Å². The number of hydrogen-bond donors (Lipinski definition) is 1. The second-order valence-electron chi connectivity index (χ2n) is 7.27. The lowest BCUT2D eigenvalue weighted by Gasteiger charge is -2.29. The van der Waals surface area contributed by atoms with E-state index in [2.05, 4.69) is 10.00 Å². The van der Waals surface area contributed by atoms with Crippen LogP contribution in [0.2, 0.25) is 0 Å². The van der Waals surface area contributed by atoms with Gasteiger partial charge in [0.2, 0.25) is 0 Å². The number of hydrogen-bond acceptors (Lipinski definition) is 4. The molecule has 1 aliphatic heterocycles. The Morgan fingerprint density at radius 1 is 1.15 bits per heavy atom. The van der Waals surface area contributed by atoms with Crippen molar-refractivity contribution < 1.29 is 4.79 Å². The SMILES string of the molecule is N#Cc1cnn(-c2ccc(C(=O)N3CCC[C@H]3C3CCCC3)cc2)c1N. The van der Waals surface area contributed by atoms with Gasteiger partial charge in [0.25, 0.3) is 5.91 Å². The van der Waals surface area contributed by atoms with Crippen LogP contribution in [0, 0.1) is 17.2 Å². The van der Waals surface area contributed by atoms with E-state index in [4.69, 9.17) is 11.0 Å². The standard InChI is InChI=1S/C20H23N5O/c21-12-16-13-23-25(19(16)22)17-9-7-15(8-10-17)20(26)24-11-3-6-18(24)14-4-1-2-5-14/h7-10,13-14,18H,1-6,11,22H2/t18-/m0/s1. The number of amides is 1. The van der Waals surface area contributed by atoms with Gasteiger partial charge in [-0.05, 0) is 55.9 Å². The predicted octanol–water partition coefficient (Wildman–Crippen LogP) is 3.12. The highest BCUT2D eigenvalue weighted by Crippen LogP contribution is 2.36. The predicted molar refractivity (Wildman–Crippen MR) is 98.7 cm³/mol. The molecule has 0 unspecified atom stereocenters. The molecule has 0 bridgehead atoms. The summed E-state index contributed by atoms with van der Waals surface area (Å²) in [4.78, 5) is 15.1. The number of nitrogen functional groups attached to an aromatic ring is 1. The van der Waals surface area contributed by atoms with Gasteiger partial charge in [-0.15, -0.1) is 0 Å². The lowest BCUT2D eigenvalue weighted by atomic mass is 9.95. The molecule has 2 heterocycles. The molecule has 1 amide bonds. The van der Waals surface area contributed by atoms with Crippen LogP contribution >= 0.6 is 0 Å². The lowest BCUT2D eigenvalue weighted by molar-refractivity contribution is 0.0689. The number of nitrogens with zero attached hydrogens (tertiary/aromatic N) is 4. The monoisotopic (exact) mass is 349 g/mol. The first-order valence-corrected chi connectivity index (χ1v) is 9.34. The summed E-state index contributed by atoms with van der Waals surface area (Å²) >= 11 is 0. The van der Waals surface area contributed by atoms with E-state index in [1.807, 2.05) is 30.3 Å². The van der Waals surface area contributed by atoms with Crippen molar-refractivity contribution in [3.05, 3.63) is 41.6 Å². The van der Waals surface area contributed by atoms with Gasteiger partial charge < -0.3 is 10.6 Å². The second-order valence-corrected chi connectivity index (χ2v) is 7.27. The van der Waals surface area contributed by atoms with Crippen molar-refractivity contribution in [3.63, 3.8) is 0 Å². The highest BCUT2D eigenvalue weighted by molar-refractivity contribution is 5.94. The molecule has 0 radical (unpaired) electrons. The quantitative estimate of drug-likeness (QED) is 0.922. The minimum Gasteiger partial charge on any atom is -0.382 e. The number of carbonyl (C=O) groups is 1. The molecule has 2 aliphatic rings. The highest BCUT2D eigenvalue weighted by atomic mass is 16.2. The molecular formula is C20H23N5O. The molecule has 1 saturated carbocycles. The lowest BCUT2D eigenvalue weighted by Crippen LogP contribution is -2.39. The summed E-state index contributed by atoms with van der Waals surface area (Å²) < 4.78 is 1.52. The number of benzene rings is 1. The number of aromatic nitrogens is 2. The van der Waals surface area contributed by atoms with Gasteiger partial charge in [0, 0.05) is 18.2 Å². The Hall–Kier alpha value is -2.81. The summed E-state index contributed by atoms with van der Waals surface area (Å²) in [6.45, 7) is 0.861. The van der Waals surface area contributed by atoms with Gasteiger partial charge in [0.15, 0.2) is 0 Å². The molecule has 1 aliphatic carbocycles. The van der Waals surface area contributed by atoms with Crippen LogP contribution < -0.4 is 5.73 Å². The summed E-state index contributed by atoms with van der Waals surface area (Å²) in [5, 5.41) is 13.1. The average molecular weight is 349 g/mol. The zero-order valence-electron chi connectivity index (χ0n) is 14.8. The number of likely N-dealkylation sites (tertiary alicyclic amines) is 1. The first-order chi connectivity index (χ1) is 12.7. The van der Waals surface area contributed by atoms with Gasteiger partial charge in [0.1, 0.15) is 17.5 Å². The number of nitriles is 1. The normalized spacial score (nSPS) is 20.4. The second kappa shape index (κ2) is 6.83. The molecule has 2 N–H and O–H groups in total. The number of carbonyl (C=O) groups excluding carboxylic acids is 1. The largest absolute Gasteiger partial charge is 0.382 e. The van der Waals surface area contributed by atoms with E-state index in [-0.39, 0.29) is 5.91 Å². The Morgan fingerprint density at radius 2 is 1.88 bits per heavy atom. The maximum absolute atomic E-state index is 13.0. The highest BCUT2D eigenvalue weighted by Gasteiger charge is 2.36. The molecule has 1 atom stereocenters. The topological polar surface area (TPSA) is 87.9 Å². The van der Waals surface area contributed by atoms with Gasteiger partial charge in [-0.3, -0.25) is 4.79 Å². The Morgan fingerprint density at radius 3 is 2.54 bits per heavy atom. The van der Waals surface area contributed by atoms with Crippen LogP contribution in [0.3, 0.4) is 0 Å². The summed E-state index contributed by atoms with van der Waals surface area (Å²) in [5.41, 5.74) is 7.73. The molecule has 1 aromatic carbocycles. The van der Waals surface area contributed by atoms with E-state index in [0.29, 0.717) is 28.9 Å². The Kier molecular flexibility index (Phi) is 4.37. The van der Waals surface area contributed by atoms with Crippen LogP contribution in [0.25, 0.3) is 5.69 Å². The number of nitrogens with two attached hydrogens (primary N) is 1. The first kappa shape index (κ1) is 16.6. The van der Waals surface area contributed by atoms with Crippen molar-refractivity contribution in [2.75, 3.05) is 12.3 Å². The summed E-state index contributed by atoms with van der Waals surface area (Å²) in [5.74, 6) is 1.11. The molecule has 26 heavy (non-hydrogen) atoms. The summed E-state index contributed by atoms with van der Waals surface area (Å²) in [6.07, 6.45) is 8.80. The van der Waals surface area contributed by atoms with Crippen LogP contribution in [0.1, 0.15) is 54.4 Å². The van der Waals surface area contributed by atoms with E-state index < -0.39 is 0 Å². The van der Waals surface area contributed by atoms with Crippen molar-refractivity contribution in [3.8, 4) is 11.8 Å². The maximum Gasteiger partial charge on any atom is 0.254 e. The third kappa shape index (κ3) is 2.84. The van der Waals surface area contributed by atoms with Crippen LogP contribution in [-0.4, -0.2) is 33.2 Å². The number of anilines is 1. The van der Waals surface area contributed by atoms with Crippen LogP contribution in [0.5, 0.6) is 0 Å². The van der Waals surface area contributed by atoms with E-state index in [9.17, 15) is 4.79 Å². The Bertz CT molecular complexity index is 842. The Balaban J connectivity index is 1.53. The first-order valence-electron chi connectivity index (χ1n) is 9.34. The zero-order valence-corrected chi connectivity index (χ0v) is 14.8. The summed E-state index contributed by atoms with van der Waals surface area (Å²) in [6, 6.07) is 9.74. The molecule has 6 heteroatoms. The van der Waals surface area contributed by atoms with Crippen LogP contribution in [-0.2, 0) is 0 Å². The number of rotatable bonds is 3. The fraction of sp³-hybridized carbons (Fsp3) is 0.450.